The van der Waals surface area contributed by atoms with Gasteiger partial charge >= 0.3 is 5.97 Å². The summed E-state index contributed by atoms with van der Waals surface area (Å²) >= 11 is 1.59. The molecule has 2 heterocycles. The minimum absolute atomic E-state index is 0.566. The number of carboxylic acid groups (broad SMARTS) is 1. The molecule has 1 fully saturated rings. The molecule has 0 saturated heterocycles. The molecule has 19 heavy (non-hydrogen) atoms. The van der Waals surface area contributed by atoms with Crippen molar-refractivity contribution in [2.75, 3.05) is 0 Å². The maximum absolute atomic E-state index is 11.8. The van der Waals surface area contributed by atoms with Crippen LogP contribution in [0.2, 0.25) is 0 Å². The molecule has 3 rings (SSSR count). The van der Waals surface area contributed by atoms with Gasteiger partial charge in [-0.1, -0.05) is 25.7 Å². The van der Waals surface area contributed by atoms with Crippen molar-refractivity contribution in [3.05, 3.63) is 23.5 Å². The number of fused-ring (bicyclic) bond motifs is 1. The summed E-state index contributed by atoms with van der Waals surface area (Å²) in [5.41, 5.74) is 0.316. The van der Waals surface area contributed by atoms with Gasteiger partial charge < -0.3 is 5.11 Å². The lowest BCUT2D eigenvalue weighted by atomic mass is 9.76. The molecule has 2 aromatic heterocycles. The molecule has 0 bridgehead atoms. The van der Waals surface area contributed by atoms with E-state index in [9.17, 15) is 9.90 Å². The van der Waals surface area contributed by atoms with Crippen molar-refractivity contribution in [1.29, 1.82) is 0 Å². The van der Waals surface area contributed by atoms with Crippen LogP contribution in [0.15, 0.2) is 17.8 Å². The molecule has 5 heteroatoms. The highest BCUT2D eigenvalue weighted by atomic mass is 32.1. The number of hydrogen-bond donors (Lipinski definition) is 1. The Morgan fingerprint density at radius 1 is 1.37 bits per heavy atom. The molecule has 2 aromatic rings. The fourth-order valence-electron chi connectivity index (χ4n) is 3.08. The highest BCUT2D eigenvalue weighted by Crippen LogP contribution is 2.38. The molecule has 0 unspecified atom stereocenters. The van der Waals surface area contributed by atoms with Crippen LogP contribution in [0.25, 0.3) is 4.96 Å². The van der Waals surface area contributed by atoms with Gasteiger partial charge in [0.15, 0.2) is 4.96 Å². The van der Waals surface area contributed by atoms with Crippen molar-refractivity contribution >= 4 is 22.3 Å². The average molecular weight is 278 g/mol. The van der Waals surface area contributed by atoms with Crippen molar-refractivity contribution in [1.82, 2.24) is 9.38 Å². The molecule has 4 nitrogen and oxygen atoms in total. The number of nitrogens with zero attached hydrogens (tertiary/aromatic N) is 2. The lowest BCUT2D eigenvalue weighted by Gasteiger charge is -2.27. The summed E-state index contributed by atoms with van der Waals surface area (Å²) in [6, 6.07) is 0. The molecule has 0 radical (unpaired) electrons. The van der Waals surface area contributed by atoms with Gasteiger partial charge in [-0.3, -0.25) is 9.20 Å². The fraction of sp³-hybridized carbons (Fsp3) is 0.571. The fourth-order valence-corrected chi connectivity index (χ4v) is 3.80. The SMILES string of the molecule is O=C(O)C1(Cc2cn3ccsc3n2)CCCCCC1. The Balaban J connectivity index is 1.88. The van der Waals surface area contributed by atoms with Gasteiger partial charge in [0.05, 0.1) is 11.1 Å². The van der Waals surface area contributed by atoms with Gasteiger partial charge in [-0.15, -0.1) is 11.3 Å². The highest BCUT2D eigenvalue weighted by molar-refractivity contribution is 7.15. The molecule has 0 aromatic carbocycles. The first kappa shape index (κ1) is 12.7. The zero-order valence-electron chi connectivity index (χ0n) is 10.8. The molecule has 0 aliphatic heterocycles. The van der Waals surface area contributed by atoms with Crippen LogP contribution >= 0.6 is 11.3 Å². The van der Waals surface area contributed by atoms with Crippen molar-refractivity contribution in [3.63, 3.8) is 0 Å². The quantitative estimate of drug-likeness (QED) is 0.876. The van der Waals surface area contributed by atoms with Crippen molar-refractivity contribution in [2.24, 2.45) is 5.41 Å². The average Bonchev–Trinajstić information content (AvgIpc) is 2.84. The molecule has 0 amide bonds. The Hall–Kier alpha value is -1.36. The zero-order valence-corrected chi connectivity index (χ0v) is 11.7. The first-order valence-electron chi connectivity index (χ1n) is 6.84. The molecule has 1 saturated carbocycles. The minimum atomic E-state index is -0.647. The lowest BCUT2D eigenvalue weighted by Crippen LogP contribution is -2.33. The summed E-state index contributed by atoms with van der Waals surface area (Å²) in [5, 5.41) is 11.7. The number of aromatic nitrogens is 2. The number of thiazole rings is 1. The molecule has 0 atom stereocenters. The topological polar surface area (TPSA) is 54.6 Å². The van der Waals surface area contributed by atoms with E-state index in [1.807, 2.05) is 22.2 Å². The van der Waals surface area contributed by atoms with Crippen LogP contribution < -0.4 is 0 Å². The van der Waals surface area contributed by atoms with E-state index in [0.29, 0.717) is 6.42 Å². The maximum Gasteiger partial charge on any atom is 0.310 e. The highest BCUT2D eigenvalue weighted by Gasteiger charge is 2.39. The van der Waals surface area contributed by atoms with E-state index in [4.69, 9.17) is 0 Å². The van der Waals surface area contributed by atoms with Crippen molar-refractivity contribution < 1.29 is 9.90 Å². The van der Waals surface area contributed by atoms with Crippen LogP contribution in [-0.4, -0.2) is 20.5 Å². The number of hydrogen-bond acceptors (Lipinski definition) is 3. The smallest absolute Gasteiger partial charge is 0.310 e. The zero-order chi connectivity index (χ0) is 13.3. The third-order valence-electron chi connectivity index (χ3n) is 4.18. The lowest BCUT2D eigenvalue weighted by molar-refractivity contribution is -0.149. The third-order valence-corrected chi connectivity index (χ3v) is 4.95. The molecular formula is C14H18N2O2S. The molecule has 1 aliphatic rings. The van der Waals surface area contributed by atoms with Crippen LogP contribution in [0.4, 0.5) is 0 Å². The summed E-state index contributed by atoms with van der Waals surface area (Å²) in [6.07, 6.45) is 10.4. The van der Waals surface area contributed by atoms with Gasteiger partial charge in [0.25, 0.3) is 0 Å². The van der Waals surface area contributed by atoms with Crippen LogP contribution in [0, 0.1) is 5.41 Å². The third kappa shape index (κ3) is 2.39. The number of imidazole rings is 1. The molecule has 0 spiro atoms. The second-order valence-corrected chi connectivity index (χ2v) is 6.37. The van der Waals surface area contributed by atoms with Gasteiger partial charge in [0.1, 0.15) is 0 Å². The van der Waals surface area contributed by atoms with Crippen molar-refractivity contribution in [3.8, 4) is 0 Å². The standard InChI is InChI=1S/C14H18N2O2S/c17-12(18)14(5-3-1-2-4-6-14)9-11-10-16-7-8-19-13(16)15-11/h7-8,10H,1-6,9H2,(H,17,18). The predicted octanol–water partition coefficient (Wildman–Crippen LogP) is 3.36. The van der Waals surface area contributed by atoms with Crippen LogP contribution in [0.5, 0.6) is 0 Å². The molecule has 1 N–H and O–H groups in total. The van der Waals surface area contributed by atoms with E-state index in [1.165, 1.54) is 0 Å². The summed E-state index contributed by atoms with van der Waals surface area (Å²) in [4.78, 5) is 17.2. The Labute approximate surface area is 116 Å². The van der Waals surface area contributed by atoms with Crippen molar-refractivity contribution in [2.45, 2.75) is 44.9 Å². The maximum atomic E-state index is 11.8. The van der Waals surface area contributed by atoms with E-state index in [1.54, 1.807) is 11.3 Å². The van der Waals surface area contributed by atoms with Gasteiger partial charge in [0.2, 0.25) is 0 Å². The van der Waals surface area contributed by atoms with Crippen LogP contribution in [0.1, 0.15) is 44.2 Å². The number of carbonyl (C=O) groups is 1. The van der Waals surface area contributed by atoms with E-state index in [2.05, 4.69) is 4.98 Å². The van der Waals surface area contributed by atoms with Crippen LogP contribution in [-0.2, 0) is 11.2 Å². The van der Waals surface area contributed by atoms with Gasteiger partial charge in [-0.2, -0.15) is 0 Å². The first-order valence-corrected chi connectivity index (χ1v) is 7.72. The number of rotatable bonds is 3. The van der Waals surface area contributed by atoms with E-state index < -0.39 is 11.4 Å². The van der Waals surface area contributed by atoms with Crippen LogP contribution in [0.3, 0.4) is 0 Å². The largest absolute Gasteiger partial charge is 0.481 e. The van der Waals surface area contributed by atoms with Gasteiger partial charge in [-0.25, -0.2) is 4.98 Å². The Bertz CT molecular complexity index is 551. The summed E-state index contributed by atoms with van der Waals surface area (Å²) in [7, 11) is 0. The second kappa shape index (κ2) is 4.96. The van der Waals surface area contributed by atoms with Gasteiger partial charge in [-0.05, 0) is 12.8 Å². The monoisotopic (exact) mass is 278 g/mol. The summed E-state index contributed by atoms with van der Waals surface area (Å²) in [6.45, 7) is 0. The van der Waals surface area contributed by atoms with Gasteiger partial charge in [0, 0.05) is 24.2 Å². The summed E-state index contributed by atoms with van der Waals surface area (Å²) in [5.74, 6) is -0.647. The Kier molecular flexibility index (Phi) is 3.31. The minimum Gasteiger partial charge on any atom is -0.481 e. The normalized spacial score (nSPS) is 19.4. The Morgan fingerprint density at radius 2 is 2.11 bits per heavy atom. The molecule has 102 valence electrons. The van der Waals surface area contributed by atoms with E-state index >= 15 is 0 Å². The van der Waals surface area contributed by atoms with E-state index in [-0.39, 0.29) is 0 Å². The predicted molar refractivity (Wildman–Crippen MR) is 74.5 cm³/mol. The second-order valence-electron chi connectivity index (χ2n) is 5.50. The van der Waals surface area contributed by atoms with E-state index in [0.717, 1.165) is 49.2 Å². The Morgan fingerprint density at radius 3 is 2.74 bits per heavy atom. The first-order chi connectivity index (χ1) is 9.20. The number of aliphatic carboxylic acids is 1. The summed E-state index contributed by atoms with van der Waals surface area (Å²) < 4.78 is 1.98. The number of carboxylic acids is 1. The molecule has 1 aliphatic carbocycles. The molecular weight excluding hydrogens is 260 g/mol.